The van der Waals surface area contributed by atoms with Crippen molar-refractivity contribution < 1.29 is 9.53 Å². The van der Waals surface area contributed by atoms with Crippen molar-refractivity contribution in [1.29, 1.82) is 0 Å². The Kier molecular flexibility index (Phi) is 5.02. The van der Waals surface area contributed by atoms with Crippen LogP contribution in [-0.2, 0) is 16.0 Å². The molecule has 18 heavy (non-hydrogen) atoms. The molecule has 1 aliphatic rings. The molecule has 0 aromatic heterocycles. The number of nitrogens with zero attached hydrogens (tertiary/aromatic N) is 1. The number of benzene rings is 1. The SMILES string of the molecule is O=C(CCc1ccccc1)N1CCOC(CCl)C1. The minimum atomic E-state index is -0.0129. The van der Waals surface area contributed by atoms with Gasteiger partial charge in [0.2, 0.25) is 5.91 Å². The van der Waals surface area contributed by atoms with Gasteiger partial charge in [-0.1, -0.05) is 30.3 Å². The molecule has 1 aromatic rings. The second kappa shape index (κ2) is 6.76. The lowest BCUT2D eigenvalue weighted by Gasteiger charge is -2.32. The molecule has 2 rings (SSSR count). The number of hydrogen-bond donors (Lipinski definition) is 0. The van der Waals surface area contributed by atoms with E-state index in [1.807, 2.05) is 35.2 Å². The quantitative estimate of drug-likeness (QED) is 0.782. The Labute approximate surface area is 113 Å². The first-order valence-corrected chi connectivity index (χ1v) is 6.82. The highest BCUT2D eigenvalue weighted by Crippen LogP contribution is 2.10. The molecular formula is C14H18ClNO2. The Morgan fingerprint density at radius 1 is 1.39 bits per heavy atom. The summed E-state index contributed by atoms with van der Waals surface area (Å²) in [6.45, 7) is 1.90. The molecule has 1 saturated heterocycles. The van der Waals surface area contributed by atoms with Crippen LogP contribution >= 0.6 is 11.6 Å². The lowest BCUT2D eigenvalue weighted by Crippen LogP contribution is -2.46. The molecule has 1 fully saturated rings. The van der Waals surface area contributed by atoms with Gasteiger partial charge in [0, 0.05) is 19.5 Å². The van der Waals surface area contributed by atoms with Crippen LogP contribution in [0.5, 0.6) is 0 Å². The van der Waals surface area contributed by atoms with Gasteiger partial charge >= 0.3 is 0 Å². The van der Waals surface area contributed by atoms with E-state index >= 15 is 0 Å². The van der Waals surface area contributed by atoms with Crippen molar-refractivity contribution in [3.8, 4) is 0 Å². The first-order valence-electron chi connectivity index (χ1n) is 6.29. The third-order valence-electron chi connectivity index (χ3n) is 3.13. The van der Waals surface area contributed by atoms with E-state index in [1.165, 1.54) is 5.56 Å². The monoisotopic (exact) mass is 267 g/mol. The standard InChI is InChI=1S/C14H18ClNO2/c15-10-13-11-16(8-9-18-13)14(17)7-6-12-4-2-1-3-5-12/h1-5,13H,6-11H2. The zero-order valence-corrected chi connectivity index (χ0v) is 11.1. The zero-order valence-electron chi connectivity index (χ0n) is 10.3. The van der Waals surface area contributed by atoms with Gasteiger partial charge in [-0.2, -0.15) is 0 Å². The van der Waals surface area contributed by atoms with E-state index in [1.54, 1.807) is 0 Å². The van der Waals surface area contributed by atoms with Crippen LogP contribution in [0.3, 0.4) is 0 Å². The lowest BCUT2D eigenvalue weighted by molar-refractivity contribution is -0.137. The van der Waals surface area contributed by atoms with Gasteiger partial charge in [-0.25, -0.2) is 0 Å². The molecule has 4 heteroatoms. The molecule has 0 saturated carbocycles. The third-order valence-corrected chi connectivity index (χ3v) is 3.48. The van der Waals surface area contributed by atoms with E-state index in [9.17, 15) is 4.79 Å². The van der Waals surface area contributed by atoms with Crippen LogP contribution in [0, 0.1) is 0 Å². The summed E-state index contributed by atoms with van der Waals surface area (Å²) in [5.74, 6) is 0.639. The highest BCUT2D eigenvalue weighted by molar-refractivity contribution is 6.18. The van der Waals surface area contributed by atoms with Crippen molar-refractivity contribution in [3.63, 3.8) is 0 Å². The molecule has 1 aliphatic heterocycles. The Bertz CT molecular complexity index is 383. The second-order valence-corrected chi connectivity index (χ2v) is 4.78. The van der Waals surface area contributed by atoms with Gasteiger partial charge < -0.3 is 9.64 Å². The minimum absolute atomic E-state index is 0.0129. The number of aryl methyl sites for hydroxylation is 1. The number of amides is 1. The summed E-state index contributed by atoms with van der Waals surface area (Å²) in [5.41, 5.74) is 1.20. The predicted octanol–water partition coefficient (Wildman–Crippen LogP) is 2.09. The number of halogens is 1. The molecule has 0 N–H and O–H groups in total. The number of carbonyl (C=O) groups excluding carboxylic acids is 1. The third kappa shape index (κ3) is 3.72. The van der Waals surface area contributed by atoms with E-state index in [0.717, 1.165) is 6.42 Å². The summed E-state index contributed by atoms with van der Waals surface area (Å²) in [6.07, 6.45) is 1.34. The van der Waals surface area contributed by atoms with Crippen LogP contribution in [0.4, 0.5) is 0 Å². The van der Waals surface area contributed by atoms with Gasteiger partial charge in [0.25, 0.3) is 0 Å². The molecule has 98 valence electrons. The molecule has 1 heterocycles. The summed E-state index contributed by atoms with van der Waals surface area (Å²) in [7, 11) is 0. The first kappa shape index (κ1) is 13.4. The van der Waals surface area contributed by atoms with Crippen molar-refractivity contribution in [2.24, 2.45) is 0 Å². The van der Waals surface area contributed by atoms with Crippen LogP contribution in [0.25, 0.3) is 0 Å². The maximum absolute atomic E-state index is 12.1. The number of rotatable bonds is 4. The van der Waals surface area contributed by atoms with E-state index in [4.69, 9.17) is 16.3 Å². The van der Waals surface area contributed by atoms with Gasteiger partial charge in [0.05, 0.1) is 18.6 Å². The first-order chi connectivity index (χ1) is 8.79. The van der Waals surface area contributed by atoms with Gasteiger partial charge in [0.1, 0.15) is 0 Å². The highest BCUT2D eigenvalue weighted by Gasteiger charge is 2.23. The average Bonchev–Trinajstić information content (AvgIpc) is 2.46. The molecule has 1 amide bonds. The fourth-order valence-corrected chi connectivity index (χ4v) is 2.28. The fraction of sp³-hybridized carbons (Fsp3) is 0.500. The molecule has 3 nitrogen and oxygen atoms in total. The van der Waals surface area contributed by atoms with Crippen LogP contribution in [0.1, 0.15) is 12.0 Å². The Hall–Kier alpha value is -1.06. The minimum Gasteiger partial charge on any atom is -0.373 e. The summed E-state index contributed by atoms with van der Waals surface area (Å²) >= 11 is 5.76. The van der Waals surface area contributed by atoms with Gasteiger partial charge in [0.15, 0.2) is 0 Å². The van der Waals surface area contributed by atoms with E-state index in [0.29, 0.717) is 32.0 Å². The molecular weight excluding hydrogens is 250 g/mol. The van der Waals surface area contributed by atoms with Gasteiger partial charge in [-0.15, -0.1) is 11.6 Å². The average molecular weight is 268 g/mol. The molecule has 1 aromatic carbocycles. The number of ether oxygens (including phenoxy) is 1. The Balaban J connectivity index is 1.81. The normalized spacial score (nSPS) is 19.8. The van der Waals surface area contributed by atoms with E-state index in [2.05, 4.69) is 0 Å². The molecule has 1 atom stereocenters. The predicted molar refractivity (Wildman–Crippen MR) is 71.8 cm³/mol. The maximum atomic E-state index is 12.1. The van der Waals surface area contributed by atoms with Crippen molar-refractivity contribution in [1.82, 2.24) is 4.90 Å². The molecule has 1 unspecified atom stereocenters. The van der Waals surface area contributed by atoms with E-state index in [-0.39, 0.29) is 12.0 Å². The van der Waals surface area contributed by atoms with Crippen LogP contribution < -0.4 is 0 Å². The smallest absolute Gasteiger partial charge is 0.223 e. The summed E-state index contributed by atoms with van der Waals surface area (Å²) in [4.78, 5) is 13.9. The Morgan fingerprint density at radius 2 is 2.17 bits per heavy atom. The summed E-state index contributed by atoms with van der Waals surface area (Å²) < 4.78 is 5.44. The van der Waals surface area contributed by atoms with Gasteiger partial charge in [-0.05, 0) is 12.0 Å². The van der Waals surface area contributed by atoms with E-state index < -0.39 is 0 Å². The van der Waals surface area contributed by atoms with Crippen LogP contribution in [0.2, 0.25) is 0 Å². The summed E-state index contributed by atoms with van der Waals surface area (Å²) in [5, 5.41) is 0. The molecule has 0 aliphatic carbocycles. The number of morpholine rings is 1. The fourth-order valence-electron chi connectivity index (χ4n) is 2.09. The molecule has 0 radical (unpaired) electrons. The molecule has 0 bridgehead atoms. The summed E-state index contributed by atoms with van der Waals surface area (Å²) in [6, 6.07) is 10.1. The van der Waals surface area contributed by atoms with Crippen LogP contribution in [-0.4, -0.2) is 42.5 Å². The molecule has 0 spiro atoms. The van der Waals surface area contributed by atoms with Crippen molar-refractivity contribution in [2.45, 2.75) is 18.9 Å². The lowest BCUT2D eigenvalue weighted by atomic mass is 10.1. The topological polar surface area (TPSA) is 29.5 Å². The Morgan fingerprint density at radius 3 is 2.89 bits per heavy atom. The van der Waals surface area contributed by atoms with Crippen molar-refractivity contribution in [2.75, 3.05) is 25.6 Å². The van der Waals surface area contributed by atoms with Crippen LogP contribution in [0.15, 0.2) is 30.3 Å². The maximum Gasteiger partial charge on any atom is 0.223 e. The van der Waals surface area contributed by atoms with Crippen molar-refractivity contribution >= 4 is 17.5 Å². The number of alkyl halides is 1. The largest absolute Gasteiger partial charge is 0.373 e. The van der Waals surface area contributed by atoms with Gasteiger partial charge in [-0.3, -0.25) is 4.79 Å². The second-order valence-electron chi connectivity index (χ2n) is 4.47. The zero-order chi connectivity index (χ0) is 12.8. The number of carbonyl (C=O) groups is 1. The number of hydrogen-bond acceptors (Lipinski definition) is 2. The van der Waals surface area contributed by atoms with Crippen molar-refractivity contribution in [3.05, 3.63) is 35.9 Å². The highest BCUT2D eigenvalue weighted by atomic mass is 35.5.